The van der Waals surface area contributed by atoms with Gasteiger partial charge in [-0.1, -0.05) is 19.7 Å². The summed E-state index contributed by atoms with van der Waals surface area (Å²) < 4.78 is 20.2. The van der Waals surface area contributed by atoms with Crippen LogP contribution in [0.4, 0.5) is 0 Å². The molecule has 48 heavy (non-hydrogen) atoms. The van der Waals surface area contributed by atoms with Gasteiger partial charge >= 0.3 is 23.9 Å². The largest absolute Gasteiger partial charge is 0.466 e. The molecule has 2 fully saturated rings. The van der Waals surface area contributed by atoms with Crippen LogP contribution in [0.2, 0.25) is 0 Å². The maximum absolute atomic E-state index is 11.9. The Labute approximate surface area is 286 Å². The maximum Gasteiger partial charge on any atom is 0.330 e. The smallest absolute Gasteiger partial charge is 0.330 e. The van der Waals surface area contributed by atoms with Gasteiger partial charge in [-0.2, -0.15) is 0 Å². The fourth-order valence-electron chi connectivity index (χ4n) is 3.74. The van der Waals surface area contributed by atoms with Gasteiger partial charge in [0.05, 0.1) is 43.7 Å². The summed E-state index contributed by atoms with van der Waals surface area (Å²) >= 11 is 0. The van der Waals surface area contributed by atoms with E-state index in [1.165, 1.54) is 18.7 Å². The summed E-state index contributed by atoms with van der Waals surface area (Å²) in [5.41, 5.74) is -1.71. The third kappa shape index (κ3) is 22.8. The van der Waals surface area contributed by atoms with Crippen molar-refractivity contribution in [3.05, 3.63) is 38.0 Å². The molecule has 0 saturated carbocycles. The van der Waals surface area contributed by atoms with Gasteiger partial charge in [0.25, 0.3) is 0 Å². The molecule has 2 aliphatic rings. The highest BCUT2D eigenvalue weighted by Gasteiger charge is 2.32. The molecule has 0 aromatic carbocycles. The Hall–Kier alpha value is -3.64. The first-order valence-electron chi connectivity index (χ1n) is 16.6. The van der Waals surface area contributed by atoms with Crippen molar-refractivity contribution in [2.45, 2.75) is 98.6 Å². The highest BCUT2D eigenvalue weighted by atomic mass is 16.5. The minimum absolute atomic E-state index is 0.0757. The lowest BCUT2D eigenvalue weighted by Crippen LogP contribution is -2.29. The average molecular weight is 679 g/mol. The van der Waals surface area contributed by atoms with Crippen molar-refractivity contribution in [2.75, 3.05) is 46.1 Å². The Morgan fingerprint density at radius 1 is 0.708 bits per heavy atom. The van der Waals surface area contributed by atoms with Gasteiger partial charge in [-0.3, -0.25) is 28.9 Å². The molecule has 0 aliphatic carbocycles. The number of allylic oxidation sites excluding steroid dienone is 2. The molecule has 12 heteroatoms. The van der Waals surface area contributed by atoms with E-state index in [0.29, 0.717) is 44.8 Å². The van der Waals surface area contributed by atoms with Gasteiger partial charge in [0, 0.05) is 50.6 Å². The van der Waals surface area contributed by atoms with E-state index < -0.39 is 28.7 Å². The van der Waals surface area contributed by atoms with E-state index in [2.05, 4.69) is 43.8 Å². The van der Waals surface area contributed by atoms with E-state index in [1.54, 1.807) is 27.7 Å². The number of hydrogen-bond donors (Lipinski definition) is 1. The van der Waals surface area contributed by atoms with Crippen LogP contribution in [0.15, 0.2) is 38.0 Å². The van der Waals surface area contributed by atoms with E-state index in [1.807, 2.05) is 0 Å². The molecule has 2 saturated heterocycles. The second-order valence-corrected chi connectivity index (χ2v) is 13.1. The molecule has 0 aromatic rings. The number of nitrogens with zero attached hydrogens (tertiary/aromatic N) is 1. The van der Waals surface area contributed by atoms with E-state index in [9.17, 15) is 28.8 Å². The van der Waals surface area contributed by atoms with Gasteiger partial charge < -0.3 is 24.3 Å². The molecule has 1 N–H and O–H groups in total. The van der Waals surface area contributed by atoms with Crippen molar-refractivity contribution in [1.82, 2.24) is 10.2 Å². The molecule has 12 nitrogen and oxygen atoms in total. The molecule has 2 aliphatic heterocycles. The second kappa shape index (κ2) is 23.6. The molecule has 0 spiro atoms. The first-order chi connectivity index (χ1) is 22.5. The van der Waals surface area contributed by atoms with E-state index >= 15 is 0 Å². The average Bonchev–Trinajstić information content (AvgIpc) is 3.97. The van der Waals surface area contributed by atoms with Crippen molar-refractivity contribution in [3.63, 3.8) is 0 Å². The number of nitrogens with one attached hydrogen (secondary N) is 1. The zero-order chi connectivity index (χ0) is 36.8. The van der Waals surface area contributed by atoms with Crippen molar-refractivity contribution in [1.29, 1.82) is 0 Å². The van der Waals surface area contributed by atoms with Crippen LogP contribution < -0.4 is 5.32 Å². The topological polar surface area (TPSA) is 164 Å². The Kier molecular flexibility index (Phi) is 21.9. The number of rotatable bonds is 22. The quantitative estimate of drug-likeness (QED) is 0.0568. The molecule has 0 bridgehead atoms. The lowest BCUT2D eigenvalue weighted by atomic mass is 9.87. The molecular formula is C36H58N2O10. The van der Waals surface area contributed by atoms with Crippen LogP contribution in [0, 0.1) is 10.8 Å². The van der Waals surface area contributed by atoms with Crippen LogP contribution in [0.1, 0.15) is 86.5 Å². The molecular weight excluding hydrogens is 620 g/mol. The fourth-order valence-corrected chi connectivity index (χ4v) is 3.74. The summed E-state index contributed by atoms with van der Waals surface area (Å²) in [7, 11) is 0. The number of unbranched alkanes of at least 4 members (excludes halogenated alkanes) is 2. The van der Waals surface area contributed by atoms with Crippen LogP contribution in [0.25, 0.3) is 0 Å². The standard InChI is InChI=1S/C18H29NO5.C15H22O5.C3H7N/c1-5-15(20)12-18(3,4)17(22)24-11-7-6-10-23-16(21)8-9-19-13-14(19)2;1-5-12(16)11-15(3,4)14(18)20-10-8-7-9-19-13(17)6-2;1-3-2-4-3/h5,14H,1,6-13H2,2-4H3;5-6H,1-2,7-11H2,3-4H3;3-4H,2H2,1H3. The highest BCUT2D eigenvalue weighted by Crippen LogP contribution is 2.24. The van der Waals surface area contributed by atoms with Crippen LogP contribution in [0.5, 0.6) is 0 Å². The van der Waals surface area contributed by atoms with Crippen molar-refractivity contribution < 1.29 is 47.7 Å². The predicted octanol–water partition coefficient (Wildman–Crippen LogP) is 4.31. The minimum Gasteiger partial charge on any atom is -0.466 e. The second-order valence-electron chi connectivity index (χ2n) is 13.1. The van der Waals surface area contributed by atoms with E-state index in [0.717, 1.165) is 25.2 Å². The molecule has 2 heterocycles. The summed E-state index contributed by atoms with van der Waals surface area (Å²) in [6.45, 7) is 25.2. The number of ketones is 2. The number of esters is 4. The number of ether oxygens (including phenoxy) is 4. The van der Waals surface area contributed by atoms with Gasteiger partial charge in [0.2, 0.25) is 0 Å². The summed E-state index contributed by atoms with van der Waals surface area (Å²) in [5, 5.41) is 3.10. The van der Waals surface area contributed by atoms with Gasteiger partial charge in [-0.25, -0.2) is 4.79 Å². The van der Waals surface area contributed by atoms with Crippen molar-refractivity contribution >= 4 is 35.4 Å². The number of carbonyl (C=O) groups excluding carboxylic acids is 6. The Morgan fingerprint density at radius 2 is 1.08 bits per heavy atom. The third-order valence-electron chi connectivity index (χ3n) is 7.21. The van der Waals surface area contributed by atoms with Crippen molar-refractivity contribution in [2.24, 2.45) is 10.8 Å². The first-order valence-corrected chi connectivity index (χ1v) is 16.6. The van der Waals surface area contributed by atoms with Crippen molar-refractivity contribution in [3.8, 4) is 0 Å². The normalized spacial score (nSPS) is 17.4. The highest BCUT2D eigenvalue weighted by molar-refractivity contribution is 5.94. The van der Waals surface area contributed by atoms with Gasteiger partial charge in [-0.05, 0) is 79.4 Å². The Balaban J connectivity index is 0.000000832. The fraction of sp³-hybridized carbons (Fsp3) is 0.667. The molecule has 272 valence electrons. The van der Waals surface area contributed by atoms with E-state index in [4.69, 9.17) is 18.9 Å². The van der Waals surface area contributed by atoms with Crippen LogP contribution in [0.3, 0.4) is 0 Å². The zero-order valence-electron chi connectivity index (χ0n) is 29.9. The SMILES string of the molecule is C=CC(=O)CC(C)(C)C(=O)OCCCCOC(=O)C=C.C=CC(=O)CC(C)(C)C(=O)OCCCCOC(=O)CCN1CC1C.CC1CN1. The summed E-state index contributed by atoms with van der Waals surface area (Å²) in [6.07, 6.45) is 6.53. The van der Waals surface area contributed by atoms with Gasteiger partial charge in [-0.15, -0.1) is 0 Å². The first kappa shape index (κ1) is 44.4. The van der Waals surface area contributed by atoms with Crippen LogP contribution in [-0.4, -0.2) is 98.5 Å². The van der Waals surface area contributed by atoms with Gasteiger partial charge in [0.1, 0.15) is 0 Å². The molecule has 0 amide bonds. The molecule has 3 unspecified atom stereocenters. The third-order valence-corrected chi connectivity index (χ3v) is 7.21. The number of hydrogen-bond acceptors (Lipinski definition) is 12. The minimum atomic E-state index is -0.861. The molecule has 3 atom stereocenters. The van der Waals surface area contributed by atoms with E-state index in [-0.39, 0.29) is 50.2 Å². The summed E-state index contributed by atoms with van der Waals surface area (Å²) in [4.78, 5) is 70.8. The molecule has 2 rings (SSSR count). The monoisotopic (exact) mass is 678 g/mol. The molecule has 0 aromatic heterocycles. The predicted molar refractivity (Wildman–Crippen MR) is 183 cm³/mol. The maximum atomic E-state index is 11.9. The zero-order valence-corrected chi connectivity index (χ0v) is 29.9. The number of carbonyl (C=O) groups is 6. The Bertz CT molecular complexity index is 1090. The lowest BCUT2D eigenvalue weighted by Gasteiger charge is -2.21. The summed E-state index contributed by atoms with van der Waals surface area (Å²) in [6, 6.07) is 1.43. The van der Waals surface area contributed by atoms with Crippen LogP contribution in [-0.2, 0) is 47.7 Å². The lowest BCUT2D eigenvalue weighted by molar-refractivity contribution is -0.156. The summed E-state index contributed by atoms with van der Waals surface area (Å²) in [5.74, 6) is -1.84. The Morgan fingerprint density at radius 3 is 1.42 bits per heavy atom. The molecule has 0 radical (unpaired) electrons. The van der Waals surface area contributed by atoms with Gasteiger partial charge in [0.15, 0.2) is 11.6 Å². The van der Waals surface area contributed by atoms with Crippen LogP contribution >= 0.6 is 0 Å².